The Balaban J connectivity index is 2.84. The van der Waals surface area contributed by atoms with Crippen LogP contribution >= 0.6 is 0 Å². The van der Waals surface area contributed by atoms with Gasteiger partial charge in [-0.1, -0.05) is 17.7 Å². The van der Waals surface area contributed by atoms with Gasteiger partial charge in [-0.15, -0.1) is 6.58 Å². The predicted octanol–water partition coefficient (Wildman–Crippen LogP) is 3.51. The fraction of sp³-hybridized carbons (Fsp3) is 0.385. The molecule has 1 aromatic rings. The van der Waals surface area contributed by atoms with E-state index in [1.807, 2.05) is 20.0 Å². The molecule has 0 aliphatic rings. The summed E-state index contributed by atoms with van der Waals surface area (Å²) in [6.07, 6.45) is 0.759. The molecule has 1 N–H and O–H groups in total. The molecule has 0 aromatic heterocycles. The first kappa shape index (κ1) is 13.6. The summed E-state index contributed by atoms with van der Waals surface area (Å²) in [6, 6.07) is 6.78. The zero-order valence-corrected chi connectivity index (χ0v) is 10.0. The first-order chi connectivity index (χ1) is 8.02. The largest absolute Gasteiger partial charge is 0.435 e. The minimum absolute atomic E-state index is 0.0636. The number of nitrogens with one attached hydrogen (secondary N) is 1. The summed E-state index contributed by atoms with van der Waals surface area (Å²) in [4.78, 5) is 0. The van der Waals surface area contributed by atoms with E-state index < -0.39 is 6.61 Å². The van der Waals surface area contributed by atoms with Crippen LogP contribution < -0.4 is 10.1 Å². The lowest BCUT2D eigenvalue weighted by molar-refractivity contribution is -0.0499. The van der Waals surface area contributed by atoms with Crippen molar-refractivity contribution >= 4 is 0 Å². The third kappa shape index (κ3) is 4.53. The molecule has 17 heavy (non-hydrogen) atoms. The molecule has 1 aromatic carbocycles. The summed E-state index contributed by atoms with van der Waals surface area (Å²) in [6.45, 7) is 2.99. The SMILES string of the molecule is C=C(C)CC(NC)c1cccc(OC(F)F)c1. The number of halogens is 2. The smallest absolute Gasteiger partial charge is 0.387 e. The third-order valence-electron chi connectivity index (χ3n) is 2.39. The second-order valence-electron chi connectivity index (χ2n) is 3.95. The van der Waals surface area contributed by atoms with Crippen LogP contribution in [0.2, 0.25) is 0 Å². The molecule has 0 bridgehead atoms. The summed E-state index contributed by atoms with van der Waals surface area (Å²) in [5, 5.41) is 3.13. The van der Waals surface area contributed by atoms with Gasteiger partial charge in [-0.2, -0.15) is 8.78 Å². The summed E-state index contributed by atoms with van der Waals surface area (Å²) in [5.41, 5.74) is 1.94. The van der Waals surface area contributed by atoms with Crippen molar-refractivity contribution in [1.29, 1.82) is 0 Å². The van der Waals surface area contributed by atoms with E-state index in [1.165, 1.54) is 6.07 Å². The Hall–Kier alpha value is -1.42. The summed E-state index contributed by atoms with van der Waals surface area (Å²) < 4.78 is 28.6. The van der Waals surface area contributed by atoms with Crippen molar-refractivity contribution in [2.24, 2.45) is 0 Å². The lowest BCUT2D eigenvalue weighted by Crippen LogP contribution is -2.16. The van der Waals surface area contributed by atoms with E-state index in [9.17, 15) is 8.78 Å². The first-order valence-corrected chi connectivity index (χ1v) is 5.39. The Kier molecular flexibility index (Phi) is 5.10. The van der Waals surface area contributed by atoms with Crippen molar-refractivity contribution < 1.29 is 13.5 Å². The van der Waals surface area contributed by atoms with Crippen molar-refractivity contribution in [3.8, 4) is 5.75 Å². The van der Waals surface area contributed by atoms with Gasteiger partial charge in [0, 0.05) is 6.04 Å². The minimum atomic E-state index is -2.79. The van der Waals surface area contributed by atoms with Gasteiger partial charge in [-0.25, -0.2) is 0 Å². The number of alkyl halides is 2. The van der Waals surface area contributed by atoms with E-state index in [4.69, 9.17) is 0 Å². The van der Waals surface area contributed by atoms with E-state index >= 15 is 0 Å². The molecule has 1 atom stereocenters. The van der Waals surface area contributed by atoms with E-state index in [-0.39, 0.29) is 11.8 Å². The molecule has 2 nitrogen and oxygen atoms in total. The molecule has 0 aliphatic carbocycles. The van der Waals surface area contributed by atoms with Crippen molar-refractivity contribution in [2.45, 2.75) is 26.0 Å². The van der Waals surface area contributed by atoms with Crippen LogP contribution in [0.3, 0.4) is 0 Å². The van der Waals surface area contributed by atoms with Gasteiger partial charge >= 0.3 is 6.61 Å². The van der Waals surface area contributed by atoms with Gasteiger partial charge in [0.05, 0.1) is 0 Å². The van der Waals surface area contributed by atoms with Crippen LogP contribution in [-0.4, -0.2) is 13.7 Å². The highest BCUT2D eigenvalue weighted by molar-refractivity contribution is 5.31. The molecular formula is C13H17F2NO. The Morgan fingerprint density at radius 3 is 2.71 bits per heavy atom. The number of benzene rings is 1. The molecular weight excluding hydrogens is 224 g/mol. The lowest BCUT2D eigenvalue weighted by atomic mass is 10.0. The van der Waals surface area contributed by atoms with Crippen LogP contribution in [-0.2, 0) is 0 Å². The monoisotopic (exact) mass is 241 g/mol. The highest BCUT2D eigenvalue weighted by Crippen LogP contribution is 2.24. The Morgan fingerprint density at radius 2 is 2.18 bits per heavy atom. The Bertz CT molecular complexity index is 379. The maximum Gasteiger partial charge on any atom is 0.387 e. The summed E-state index contributed by atoms with van der Waals surface area (Å²) in [5.74, 6) is 0.180. The second kappa shape index (κ2) is 6.35. The zero-order valence-electron chi connectivity index (χ0n) is 10.0. The molecule has 0 spiro atoms. The van der Waals surface area contributed by atoms with Crippen molar-refractivity contribution in [3.63, 3.8) is 0 Å². The normalized spacial score (nSPS) is 12.5. The fourth-order valence-corrected chi connectivity index (χ4v) is 1.64. The van der Waals surface area contributed by atoms with Gasteiger partial charge in [-0.05, 0) is 38.1 Å². The number of hydrogen-bond donors (Lipinski definition) is 1. The molecule has 0 heterocycles. The van der Waals surface area contributed by atoms with Gasteiger partial charge in [0.2, 0.25) is 0 Å². The van der Waals surface area contributed by atoms with Crippen molar-refractivity contribution in [3.05, 3.63) is 42.0 Å². The van der Waals surface area contributed by atoms with Gasteiger partial charge < -0.3 is 10.1 Å². The molecule has 94 valence electrons. The van der Waals surface area contributed by atoms with Gasteiger partial charge in [0.25, 0.3) is 0 Å². The van der Waals surface area contributed by atoms with E-state index in [0.29, 0.717) is 0 Å². The van der Waals surface area contributed by atoms with Gasteiger partial charge in [-0.3, -0.25) is 0 Å². The van der Waals surface area contributed by atoms with Crippen LogP contribution in [0.25, 0.3) is 0 Å². The average Bonchev–Trinajstić information content (AvgIpc) is 2.25. The number of rotatable bonds is 6. The lowest BCUT2D eigenvalue weighted by Gasteiger charge is -2.17. The highest BCUT2D eigenvalue weighted by Gasteiger charge is 2.11. The maximum atomic E-state index is 12.1. The molecule has 0 radical (unpaired) electrons. The molecule has 0 saturated carbocycles. The van der Waals surface area contributed by atoms with E-state index in [1.54, 1.807) is 12.1 Å². The maximum absolute atomic E-state index is 12.1. The standard InChI is InChI=1S/C13H17F2NO/c1-9(2)7-12(16-3)10-5-4-6-11(8-10)17-13(14)15/h4-6,8,12-13,16H,1,7H2,2-3H3. The molecule has 1 rings (SSSR count). The summed E-state index contributed by atoms with van der Waals surface area (Å²) >= 11 is 0. The highest BCUT2D eigenvalue weighted by atomic mass is 19.3. The minimum Gasteiger partial charge on any atom is -0.435 e. The summed E-state index contributed by atoms with van der Waals surface area (Å²) in [7, 11) is 1.83. The Labute approximate surface area is 100 Å². The molecule has 0 fully saturated rings. The number of hydrogen-bond acceptors (Lipinski definition) is 2. The first-order valence-electron chi connectivity index (χ1n) is 5.39. The van der Waals surface area contributed by atoms with Gasteiger partial charge in [0.1, 0.15) is 5.75 Å². The topological polar surface area (TPSA) is 21.3 Å². The second-order valence-corrected chi connectivity index (χ2v) is 3.95. The molecule has 0 saturated heterocycles. The molecule has 0 amide bonds. The van der Waals surface area contributed by atoms with Crippen LogP contribution in [0.15, 0.2) is 36.4 Å². The molecule has 0 aliphatic heterocycles. The van der Waals surface area contributed by atoms with Crippen molar-refractivity contribution in [1.82, 2.24) is 5.32 Å². The van der Waals surface area contributed by atoms with Crippen LogP contribution in [0.1, 0.15) is 24.9 Å². The molecule has 1 unspecified atom stereocenters. The van der Waals surface area contributed by atoms with E-state index in [2.05, 4.69) is 16.6 Å². The van der Waals surface area contributed by atoms with Crippen LogP contribution in [0.5, 0.6) is 5.75 Å². The Morgan fingerprint density at radius 1 is 1.47 bits per heavy atom. The van der Waals surface area contributed by atoms with Crippen LogP contribution in [0, 0.1) is 0 Å². The van der Waals surface area contributed by atoms with Gasteiger partial charge in [0.15, 0.2) is 0 Å². The number of ether oxygens (including phenoxy) is 1. The molecule has 4 heteroatoms. The third-order valence-corrected chi connectivity index (χ3v) is 2.39. The van der Waals surface area contributed by atoms with E-state index in [0.717, 1.165) is 17.6 Å². The quantitative estimate of drug-likeness (QED) is 0.769. The fourth-order valence-electron chi connectivity index (χ4n) is 1.64. The average molecular weight is 241 g/mol. The van der Waals surface area contributed by atoms with Crippen LogP contribution in [0.4, 0.5) is 8.78 Å². The predicted molar refractivity (Wildman–Crippen MR) is 64.3 cm³/mol. The van der Waals surface area contributed by atoms with Crippen molar-refractivity contribution in [2.75, 3.05) is 7.05 Å². The zero-order chi connectivity index (χ0) is 12.8.